The molecule has 0 bridgehead atoms. The summed E-state index contributed by atoms with van der Waals surface area (Å²) >= 11 is 20.9. The van der Waals surface area contributed by atoms with Crippen LogP contribution in [-0.2, 0) is 0 Å². The molecule has 0 atom stereocenters. The predicted molar refractivity (Wildman–Crippen MR) is 99.4 cm³/mol. The topological polar surface area (TPSA) is 89.6 Å². The summed E-state index contributed by atoms with van der Waals surface area (Å²) < 4.78 is 5.88. The summed E-state index contributed by atoms with van der Waals surface area (Å²) in [5.41, 5.74) is 8.49. The summed E-state index contributed by atoms with van der Waals surface area (Å²) in [5, 5.41) is 3.61. The Balaban J connectivity index is 2.15. The molecule has 126 valence electrons. The lowest BCUT2D eigenvalue weighted by molar-refractivity contribution is 0.0950. The molecule has 0 saturated heterocycles. The molecule has 0 saturated carbocycles. The first-order chi connectivity index (χ1) is 11.3. The van der Waals surface area contributed by atoms with Gasteiger partial charge in [-0.3, -0.25) is 4.79 Å². The molecule has 6 nitrogen and oxygen atoms in total. The van der Waals surface area contributed by atoms with Crippen LogP contribution in [0, 0.1) is 0 Å². The van der Waals surface area contributed by atoms with Crippen LogP contribution in [-0.4, -0.2) is 24.2 Å². The van der Waals surface area contributed by atoms with Crippen molar-refractivity contribution in [1.82, 2.24) is 10.4 Å². The number of anilines is 1. The second kappa shape index (κ2) is 8.02. The van der Waals surface area contributed by atoms with Gasteiger partial charge in [0.25, 0.3) is 5.91 Å². The fourth-order valence-corrected chi connectivity index (χ4v) is 2.82. The van der Waals surface area contributed by atoms with Crippen LogP contribution in [0.5, 0.6) is 5.75 Å². The van der Waals surface area contributed by atoms with Crippen LogP contribution in [0.1, 0.15) is 16.1 Å². The number of ether oxygens (including phenoxy) is 1. The zero-order chi connectivity index (χ0) is 17.9. The highest BCUT2D eigenvalue weighted by Gasteiger charge is 2.19. The maximum Gasteiger partial charge on any atom is 0.291 e. The molecule has 1 aromatic carbocycles. The number of nitrogen functional groups attached to an aromatic ring is 1. The summed E-state index contributed by atoms with van der Waals surface area (Å²) in [6.45, 7) is 0. The van der Waals surface area contributed by atoms with E-state index < -0.39 is 5.91 Å². The van der Waals surface area contributed by atoms with E-state index in [1.807, 2.05) is 0 Å². The third kappa shape index (κ3) is 4.10. The SMILES string of the molecule is COc1ccc(/C=N/NC(=O)c2nc(Cl)c(Cl)c(N)c2Cl)cc1Br. The highest BCUT2D eigenvalue weighted by molar-refractivity contribution is 9.10. The number of methoxy groups -OCH3 is 1. The normalized spacial score (nSPS) is 10.9. The summed E-state index contributed by atoms with van der Waals surface area (Å²) in [4.78, 5) is 15.9. The smallest absolute Gasteiger partial charge is 0.291 e. The lowest BCUT2D eigenvalue weighted by atomic mass is 10.2. The van der Waals surface area contributed by atoms with E-state index in [4.69, 9.17) is 45.3 Å². The fraction of sp³-hybridized carbons (Fsp3) is 0.0714. The van der Waals surface area contributed by atoms with E-state index in [0.717, 1.165) is 10.0 Å². The van der Waals surface area contributed by atoms with E-state index in [1.54, 1.807) is 25.3 Å². The minimum Gasteiger partial charge on any atom is -0.496 e. The Kier molecular flexibility index (Phi) is 6.28. The molecule has 1 amide bonds. The molecule has 0 fully saturated rings. The standard InChI is InChI=1S/C14H10BrCl3N4O2/c1-24-8-3-2-6(4-7(8)15)5-20-22-14(23)12-9(16)11(19)10(17)13(18)21-12/h2-5H,1H3,(H2,19,21)(H,22,23)/b20-5+. The van der Waals surface area contributed by atoms with Crippen molar-refractivity contribution in [3.05, 3.63) is 49.1 Å². The van der Waals surface area contributed by atoms with E-state index >= 15 is 0 Å². The molecular formula is C14H10BrCl3N4O2. The van der Waals surface area contributed by atoms with Gasteiger partial charge in [0.05, 0.1) is 28.5 Å². The number of nitrogens with one attached hydrogen (secondary N) is 1. The molecule has 1 heterocycles. The molecule has 2 rings (SSSR count). The zero-order valence-corrected chi connectivity index (χ0v) is 16.0. The molecule has 24 heavy (non-hydrogen) atoms. The van der Waals surface area contributed by atoms with Gasteiger partial charge in [-0.15, -0.1) is 0 Å². The Hall–Kier alpha value is -1.54. The van der Waals surface area contributed by atoms with Crippen LogP contribution in [0.2, 0.25) is 15.2 Å². The van der Waals surface area contributed by atoms with Gasteiger partial charge in [0.1, 0.15) is 10.8 Å². The Bertz CT molecular complexity index is 830. The van der Waals surface area contributed by atoms with Crippen LogP contribution in [0.4, 0.5) is 5.69 Å². The third-order valence-corrected chi connectivity index (χ3v) is 4.60. The number of pyridine rings is 1. The van der Waals surface area contributed by atoms with E-state index in [9.17, 15) is 4.79 Å². The fourth-order valence-electron chi connectivity index (χ4n) is 1.66. The number of hydrogen-bond acceptors (Lipinski definition) is 5. The average molecular weight is 453 g/mol. The molecule has 0 aliphatic heterocycles. The molecule has 3 N–H and O–H groups in total. The van der Waals surface area contributed by atoms with Crippen molar-refractivity contribution in [3.63, 3.8) is 0 Å². The van der Waals surface area contributed by atoms with Gasteiger partial charge in [-0.05, 0) is 39.7 Å². The Morgan fingerprint density at radius 2 is 2.08 bits per heavy atom. The zero-order valence-electron chi connectivity index (χ0n) is 12.1. The third-order valence-electron chi connectivity index (χ3n) is 2.84. The van der Waals surface area contributed by atoms with E-state index in [-0.39, 0.29) is 26.6 Å². The molecule has 0 radical (unpaired) electrons. The van der Waals surface area contributed by atoms with Crippen LogP contribution in [0.15, 0.2) is 27.8 Å². The number of hydrazone groups is 1. The largest absolute Gasteiger partial charge is 0.496 e. The van der Waals surface area contributed by atoms with Crippen molar-refractivity contribution in [2.24, 2.45) is 5.10 Å². The maximum atomic E-state index is 12.1. The summed E-state index contributed by atoms with van der Waals surface area (Å²) in [6.07, 6.45) is 1.44. The van der Waals surface area contributed by atoms with Gasteiger partial charge in [-0.25, -0.2) is 10.4 Å². The van der Waals surface area contributed by atoms with Crippen LogP contribution < -0.4 is 15.9 Å². The number of rotatable bonds is 4. The monoisotopic (exact) mass is 450 g/mol. The first-order valence-corrected chi connectivity index (χ1v) is 8.24. The molecule has 1 aromatic heterocycles. The summed E-state index contributed by atoms with van der Waals surface area (Å²) in [7, 11) is 1.56. The van der Waals surface area contributed by atoms with Gasteiger partial charge in [0, 0.05) is 0 Å². The first-order valence-electron chi connectivity index (χ1n) is 6.32. The lowest BCUT2D eigenvalue weighted by Gasteiger charge is -2.07. The number of benzene rings is 1. The quantitative estimate of drug-likeness (QED) is 0.414. The van der Waals surface area contributed by atoms with Crippen LogP contribution >= 0.6 is 50.7 Å². The number of carbonyl (C=O) groups is 1. The van der Waals surface area contributed by atoms with Gasteiger partial charge in [0.2, 0.25) is 0 Å². The number of amides is 1. The average Bonchev–Trinajstić information content (AvgIpc) is 2.56. The summed E-state index contributed by atoms with van der Waals surface area (Å²) in [5.74, 6) is 0.00698. The Morgan fingerprint density at radius 3 is 2.71 bits per heavy atom. The second-order valence-electron chi connectivity index (χ2n) is 4.39. The number of nitrogens with two attached hydrogens (primary N) is 1. The minimum absolute atomic E-state index is 0.00944. The molecule has 0 aliphatic rings. The highest BCUT2D eigenvalue weighted by atomic mass is 79.9. The predicted octanol–water partition coefficient (Wildman–Crippen LogP) is 4.16. The van der Waals surface area contributed by atoms with Gasteiger partial charge < -0.3 is 10.5 Å². The molecule has 2 aromatic rings. The maximum absolute atomic E-state index is 12.1. The molecule has 10 heteroatoms. The van der Waals surface area contributed by atoms with Gasteiger partial charge >= 0.3 is 0 Å². The second-order valence-corrected chi connectivity index (χ2v) is 6.35. The van der Waals surface area contributed by atoms with Crippen molar-refractivity contribution in [1.29, 1.82) is 0 Å². The van der Waals surface area contributed by atoms with Crippen molar-refractivity contribution in [2.45, 2.75) is 0 Å². The van der Waals surface area contributed by atoms with E-state index in [1.165, 1.54) is 6.21 Å². The highest BCUT2D eigenvalue weighted by Crippen LogP contribution is 2.34. The number of hydrogen-bond donors (Lipinski definition) is 2. The number of carbonyl (C=O) groups excluding carboxylic acids is 1. The number of halogens is 4. The van der Waals surface area contributed by atoms with Crippen molar-refractivity contribution in [2.75, 3.05) is 12.8 Å². The lowest BCUT2D eigenvalue weighted by Crippen LogP contribution is -2.20. The van der Waals surface area contributed by atoms with Crippen molar-refractivity contribution >= 4 is 68.5 Å². The van der Waals surface area contributed by atoms with Crippen LogP contribution in [0.25, 0.3) is 0 Å². The van der Waals surface area contributed by atoms with E-state index in [2.05, 4.69) is 31.4 Å². The number of aromatic nitrogens is 1. The molecule has 0 aliphatic carbocycles. The van der Waals surface area contributed by atoms with Crippen molar-refractivity contribution < 1.29 is 9.53 Å². The summed E-state index contributed by atoms with van der Waals surface area (Å²) in [6, 6.07) is 5.30. The van der Waals surface area contributed by atoms with Gasteiger partial charge in [-0.2, -0.15) is 5.10 Å². The number of nitrogens with zero attached hydrogens (tertiary/aromatic N) is 2. The molecular weight excluding hydrogens is 442 g/mol. The Morgan fingerprint density at radius 1 is 1.38 bits per heavy atom. The first kappa shape index (κ1) is 18.8. The van der Waals surface area contributed by atoms with Crippen LogP contribution in [0.3, 0.4) is 0 Å². The Labute approximate surface area is 161 Å². The molecule has 0 unspecified atom stereocenters. The minimum atomic E-state index is -0.672. The molecule has 0 spiro atoms. The van der Waals surface area contributed by atoms with Gasteiger partial charge in [-0.1, -0.05) is 34.8 Å². The van der Waals surface area contributed by atoms with E-state index in [0.29, 0.717) is 5.75 Å². The van der Waals surface area contributed by atoms with Gasteiger partial charge in [0.15, 0.2) is 10.8 Å². The van der Waals surface area contributed by atoms with Crippen molar-refractivity contribution in [3.8, 4) is 5.75 Å².